The minimum absolute atomic E-state index is 0.226. The first kappa shape index (κ1) is 18.3. The van der Waals surface area contributed by atoms with Crippen LogP contribution >= 0.6 is 11.3 Å². The predicted octanol–water partition coefficient (Wildman–Crippen LogP) is 4.01. The molecular formula is C19H24N6S. The van der Waals surface area contributed by atoms with Crippen LogP contribution in [-0.4, -0.2) is 26.9 Å². The van der Waals surface area contributed by atoms with Gasteiger partial charge in [-0.25, -0.2) is 0 Å². The Kier molecular flexibility index (Phi) is 5.80. The van der Waals surface area contributed by atoms with Crippen molar-refractivity contribution in [2.75, 3.05) is 18.1 Å². The van der Waals surface area contributed by atoms with Crippen LogP contribution in [0.2, 0.25) is 0 Å². The maximum Gasteiger partial charge on any atom is 0.232 e. The molecule has 0 aliphatic rings. The van der Waals surface area contributed by atoms with Crippen molar-refractivity contribution in [3.63, 3.8) is 0 Å². The number of hydrogen-bond donors (Lipinski definition) is 2. The topological polar surface area (TPSA) is 80.0 Å². The standard InChI is InChI=1S/C19H24N6S/c1-4-14-8-5-6-9-15(14)21-19-23-17(22-18(20)24-19)12-25(3)13(2)16-10-7-11-26-16/h5-11,13H,4,12H2,1-3H3,(H3,20,21,22,23,24)/t13-/m1/s1. The van der Waals surface area contributed by atoms with Gasteiger partial charge in [0.25, 0.3) is 0 Å². The Bertz CT molecular complexity index is 849. The molecule has 0 saturated heterocycles. The quantitative estimate of drug-likeness (QED) is 0.656. The van der Waals surface area contributed by atoms with E-state index in [9.17, 15) is 0 Å². The summed E-state index contributed by atoms with van der Waals surface area (Å²) >= 11 is 1.75. The van der Waals surface area contributed by atoms with Crippen molar-refractivity contribution >= 4 is 28.9 Å². The van der Waals surface area contributed by atoms with E-state index in [0.29, 0.717) is 18.3 Å². The molecule has 0 saturated carbocycles. The first-order valence-electron chi connectivity index (χ1n) is 8.65. The smallest absolute Gasteiger partial charge is 0.232 e. The van der Waals surface area contributed by atoms with E-state index >= 15 is 0 Å². The van der Waals surface area contributed by atoms with E-state index in [1.165, 1.54) is 10.4 Å². The molecule has 0 aliphatic carbocycles. The Morgan fingerprint density at radius 1 is 1.15 bits per heavy atom. The molecule has 1 aromatic carbocycles. The van der Waals surface area contributed by atoms with Crippen LogP contribution in [0.5, 0.6) is 0 Å². The Hall–Kier alpha value is -2.51. The van der Waals surface area contributed by atoms with Crippen LogP contribution in [0.1, 0.15) is 36.2 Å². The second-order valence-corrected chi connectivity index (χ2v) is 7.15. The van der Waals surface area contributed by atoms with E-state index < -0.39 is 0 Å². The summed E-state index contributed by atoms with van der Waals surface area (Å²) in [5.74, 6) is 1.36. The third-order valence-corrected chi connectivity index (χ3v) is 5.39. The van der Waals surface area contributed by atoms with Gasteiger partial charge >= 0.3 is 0 Å². The molecule has 7 heteroatoms. The Morgan fingerprint density at radius 2 is 1.96 bits per heavy atom. The Labute approximate surface area is 158 Å². The van der Waals surface area contributed by atoms with Crippen LogP contribution in [0.3, 0.4) is 0 Å². The molecule has 0 radical (unpaired) electrons. The molecule has 0 amide bonds. The SMILES string of the molecule is CCc1ccccc1Nc1nc(N)nc(CN(C)[C@H](C)c2cccs2)n1. The summed E-state index contributed by atoms with van der Waals surface area (Å²) in [5.41, 5.74) is 8.11. The average molecular weight is 369 g/mol. The van der Waals surface area contributed by atoms with Gasteiger partial charge < -0.3 is 11.1 Å². The van der Waals surface area contributed by atoms with Crippen molar-refractivity contribution in [2.45, 2.75) is 32.9 Å². The molecule has 0 fully saturated rings. The highest BCUT2D eigenvalue weighted by Crippen LogP contribution is 2.25. The summed E-state index contributed by atoms with van der Waals surface area (Å²) in [5, 5.41) is 5.37. The highest BCUT2D eigenvalue weighted by molar-refractivity contribution is 7.10. The van der Waals surface area contributed by atoms with Crippen LogP contribution in [0.15, 0.2) is 41.8 Å². The molecule has 0 spiro atoms. The number of aromatic nitrogens is 3. The fourth-order valence-electron chi connectivity index (χ4n) is 2.74. The van der Waals surface area contributed by atoms with E-state index in [4.69, 9.17) is 5.73 Å². The van der Waals surface area contributed by atoms with Crippen molar-refractivity contribution < 1.29 is 0 Å². The van der Waals surface area contributed by atoms with E-state index in [2.05, 4.69) is 69.6 Å². The largest absolute Gasteiger partial charge is 0.368 e. The number of rotatable bonds is 7. The molecule has 0 bridgehead atoms. The average Bonchev–Trinajstić information content (AvgIpc) is 3.15. The predicted molar refractivity (Wildman–Crippen MR) is 108 cm³/mol. The number of hydrogen-bond acceptors (Lipinski definition) is 7. The van der Waals surface area contributed by atoms with Crippen molar-refractivity contribution in [1.29, 1.82) is 0 Å². The molecule has 3 rings (SSSR count). The summed E-state index contributed by atoms with van der Waals surface area (Å²) in [6.07, 6.45) is 0.928. The van der Waals surface area contributed by atoms with E-state index in [0.717, 1.165) is 12.1 Å². The number of nitrogens with one attached hydrogen (secondary N) is 1. The zero-order chi connectivity index (χ0) is 18.5. The van der Waals surface area contributed by atoms with E-state index in [1.54, 1.807) is 11.3 Å². The van der Waals surface area contributed by atoms with Crippen molar-refractivity contribution in [3.8, 4) is 0 Å². The Balaban J connectivity index is 1.77. The lowest BCUT2D eigenvalue weighted by molar-refractivity contribution is 0.250. The molecule has 0 aliphatic heterocycles. The third-order valence-electron chi connectivity index (χ3n) is 4.35. The van der Waals surface area contributed by atoms with Gasteiger partial charge in [-0.1, -0.05) is 31.2 Å². The van der Waals surface area contributed by atoms with Gasteiger partial charge in [0.15, 0.2) is 0 Å². The lowest BCUT2D eigenvalue weighted by Crippen LogP contribution is -2.23. The van der Waals surface area contributed by atoms with Gasteiger partial charge in [0.1, 0.15) is 5.82 Å². The van der Waals surface area contributed by atoms with Crippen LogP contribution in [0.25, 0.3) is 0 Å². The lowest BCUT2D eigenvalue weighted by Gasteiger charge is -2.23. The summed E-state index contributed by atoms with van der Waals surface area (Å²) in [4.78, 5) is 16.6. The monoisotopic (exact) mass is 368 g/mol. The fourth-order valence-corrected chi connectivity index (χ4v) is 3.59. The summed E-state index contributed by atoms with van der Waals surface area (Å²) in [6.45, 7) is 4.89. The summed E-state index contributed by atoms with van der Waals surface area (Å²) in [6, 6.07) is 12.6. The lowest BCUT2D eigenvalue weighted by atomic mass is 10.1. The van der Waals surface area contributed by atoms with Gasteiger partial charge in [0, 0.05) is 16.6 Å². The molecule has 2 heterocycles. The van der Waals surface area contributed by atoms with Gasteiger partial charge in [-0.05, 0) is 43.5 Å². The molecule has 2 aromatic heterocycles. The highest BCUT2D eigenvalue weighted by Gasteiger charge is 2.15. The number of thiophene rings is 1. The fraction of sp³-hybridized carbons (Fsp3) is 0.316. The van der Waals surface area contributed by atoms with Gasteiger partial charge in [-0.3, -0.25) is 4.90 Å². The minimum atomic E-state index is 0.226. The number of para-hydroxylation sites is 1. The second kappa shape index (κ2) is 8.25. The van der Waals surface area contributed by atoms with Gasteiger partial charge in [0.2, 0.25) is 11.9 Å². The van der Waals surface area contributed by atoms with Crippen LogP contribution < -0.4 is 11.1 Å². The molecular weight excluding hydrogens is 344 g/mol. The molecule has 136 valence electrons. The Morgan fingerprint density at radius 3 is 2.69 bits per heavy atom. The summed E-state index contributed by atoms with van der Waals surface area (Å²) in [7, 11) is 2.06. The molecule has 26 heavy (non-hydrogen) atoms. The zero-order valence-corrected chi connectivity index (χ0v) is 16.1. The number of benzene rings is 1. The molecule has 0 unspecified atom stereocenters. The van der Waals surface area contributed by atoms with Gasteiger partial charge in [0.05, 0.1) is 6.54 Å². The number of nitrogens with zero attached hydrogens (tertiary/aromatic N) is 4. The van der Waals surface area contributed by atoms with Crippen LogP contribution in [0.4, 0.5) is 17.6 Å². The molecule has 1 atom stereocenters. The molecule has 3 N–H and O–H groups in total. The van der Waals surface area contributed by atoms with Gasteiger partial charge in [-0.15, -0.1) is 11.3 Å². The molecule has 3 aromatic rings. The zero-order valence-electron chi connectivity index (χ0n) is 15.3. The minimum Gasteiger partial charge on any atom is -0.368 e. The number of anilines is 3. The number of nitrogen functional groups attached to an aromatic ring is 1. The van der Waals surface area contributed by atoms with Crippen molar-refractivity contribution in [2.24, 2.45) is 0 Å². The first-order chi connectivity index (χ1) is 12.6. The first-order valence-corrected chi connectivity index (χ1v) is 9.53. The summed E-state index contributed by atoms with van der Waals surface area (Å²) < 4.78 is 0. The number of nitrogens with two attached hydrogens (primary N) is 1. The number of aryl methyl sites for hydroxylation is 1. The maximum atomic E-state index is 5.91. The van der Waals surface area contributed by atoms with Gasteiger partial charge in [-0.2, -0.15) is 15.0 Å². The van der Waals surface area contributed by atoms with Crippen LogP contribution in [-0.2, 0) is 13.0 Å². The maximum absolute atomic E-state index is 5.91. The van der Waals surface area contributed by atoms with Crippen LogP contribution in [0, 0.1) is 0 Å². The van der Waals surface area contributed by atoms with E-state index in [-0.39, 0.29) is 12.0 Å². The third kappa shape index (κ3) is 4.36. The van der Waals surface area contributed by atoms with Crippen molar-refractivity contribution in [3.05, 3.63) is 58.0 Å². The molecule has 6 nitrogen and oxygen atoms in total. The van der Waals surface area contributed by atoms with Crippen molar-refractivity contribution in [1.82, 2.24) is 19.9 Å². The second-order valence-electron chi connectivity index (χ2n) is 6.18. The highest BCUT2D eigenvalue weighted by atomic mass is 32.1. The normalized spacial score (nSPS) is 12.3. The van der Waals surface area contributed by atoms with E-state index in [1.807, 2.05) is 18.2 Å².